The van der Waals surface area contributed by atoms with E-state index < -0.39 is 11.7 Å². The first-order valence-corrected chi connectivity index (χ1v) is 12.4. The molecule has 0 aliphatic carbocycles. The Morgan fingerprint density at radius 3 is 2.39 bits per heavy atom. The molecule has 1 aromatic carbocycles. The second-order valence-corrected chi connectivity index (χ2v) is 10.3. The topological polar surface area (TPSA) is 55.2 Å². The van der Waals surface area contributed by atoms with Crippen LogP contribution in [0.2, 0.25) is 10.0 Å². The third-order valence-corrected chi connectivity index (χ3v) is 7.50. The lowest BCUT2D eigenvalue weighted by Crippen LogP contribution is -2.39. The minimum absolute atomic E-state index is 0.0883. The van der Waals surface area contributed by atoms with Crippen LogP contribution in [0.25, 0.3) is 10.9 Å². The average molecular weight is 540 g/mol. The molecule has 1 saturated heterocycles. The van der Waals surface area contributed by atoms with E-state index in [0.29, 0.717) is 47.1 Å². The van der Waals surface area contributed by atoms with Gasteiger partial charge in [-0.2, -0.15) is 13.2 Å². The van der Waals surface area contributed by atoms with E-state index in [9.17, 15) is 22.8 Å². The first-order valence-electron chi connectivity index (χ1n) is 11.7. The van der Waals surface area contributed by atoms with Gasteiger partial charge in [-0.15, -0.1) is 0 Å². The zero-order chi connectivity index (χ0) is 26.4. The molecule has 0 bridgehead atoms. The minimum Gasteiger partial charge on any atom is -0.342 e. The van der Waals surface area contributed by atoms with Gasteiger partial charge in [0.2, 0.25) is 0 Å². The van der Waals surface area contributed by atoms with Crippen LogP contribution >= 0.6 is 23.2 Å². The van der Waals surface area contributed by atoms with E-state index in [2.05, 4.69) is 4.98 Å². The minimum atomic E-state index is -4.44. The van der Waals surface area contributed by atoms with Crippen molar-refractivity contribution in [2.24, 2.45) is 5.92 Å². The highest BCUT2D eigenvalue weighted by molar-refractivity contribution is 6.37. The molecule has 1 amide bonds. The second kappa shape index (κ2) is 10.1. The van der Waals surface area contributed by atoms with Crippen molar-refractivity contribution < 1.29 is 22.8 Å². The quantitative estimate of drug-likeness (QED) is 0.356. The van der Waals surface area contributed by atoms with Crippen LogP contribution in [0.4, 0.5) is 13.2 Å². The largest absolute Gasteiger partial charge is 0.416 e. The number of hydrogen-bond acceptors (Lipinski definition) is 3. The highest BCUT2D eigenvalue weighted by Crippen LogP contribution is 2.36. The molecule has 0 saturated carbocycles. The zero-order valence-electron chi connectivity index (χ0n) is 20.2. The number of alkyl halides is 3. The van der Waals surface area contributed by atoms with E-state index in [1.165, 1.54) is 6.20 Å². The van der Waals surface area contributed by atoms with Crippen molar-refractivity contribution in [3.05, 3.63) is 62.5 Å². The van der Waals surface area contributed by atoms with Gasteiger partial charge in [-0.3, -0.25) is 4.79 Å². The molecule has 3 heterocycles. The molecule has 0 radical (unpaired) electrons. The summed E-state index contributed by atoms with van der Waals surface area (Å²) in [6.07, 6.45) is 0.674. The zero-order valence-corrected chi connectivity index (χ0v) is 21.7. The Balaban J connectivity index is 1.64. The number of ketones is 1. The van der Waals surface area contributed by atoms with Crippen LogP contribution in [0, 0.1) is 19.8 Å². The SMILES string of the molecule is CC(=O)CC1CCN(C(=O)c2ncc(Cl)c(Cn3cc(C)c4cc(C(F)(F)F)cc(C)c43)c2Cl)CC1. The molecule has 0 spiro atoms. The maximum absolute atomic E-state index is 13.3. The summed E-state index contributed by atoms with van der Waals surface area (Å²) in [6, 6.07) is 2.27. The number of amides is 1. The number of Topliss-reactive ketones (excluding diaryl/α,β-unsaturated/α-hetero) is 1. The van der Waals surface area contributed by atoms with Gasteiger partial charge in [0.15, 0.2) is 0 Å². The van der Waals surface area contributed by atoms with Crippen molar-refractivity contribution in [1.29, 1.82) is 0 Å². The van der Waals surface area contributed by atoms with E-state index in [1.807, 2.05) is 0 Å². The fraction of sp³-hybridized carbons (Fsp3) is 0.423. The average Bonchev–Trinajstić information content (AvgIpc) is 3.11. The monoisotopic (exact) mass is 539 g/mol. The summed E-state index contributed by atoms with van der Waals surface area (Å²) in [7, 11) is 0. The molecule has 10 heteroatoms. The number of rotatable bonds is 5. The fourth-order valence-electron chi connectivity index (χ4n) is 4.98. The van der Waals surface area contributed by atoms with Gasteiger partial charge in [-0.25, -0.2) is 4.98 Å². The second-order valence-electron chi connectivity index (χ2n) is 9.52. The molecule has 1 fully saturated rings. The number of carbonyl (C=O) groups excluding carboxylic acids is 2. The van der Waals surface area contributed by atoms with Gasteiger partial charge in [-0.05, 0) is 62.8 Å². The fourth-order valence-corrected chi connectivity index (χ4v) is 5.52. The van der Waals surface area contributed by atoms with E-state index in [4.69, 9.17) is 23.2 Å². The van der Waals surface area contributed by atoms with Crippen LogP contribution in [0.3, 0.4) is 0 Å². The Bertz CT molecular complexity index is 1340. The van der Waals surface area contributed by atoms with Gasteiger partial charge < -0.3 is 14.3 Å². The standard InChI is InChI=1S/C26H26Cl2F3N3O2/c1-14-8-18(26(29,30)31)10-19-15(2)12-34(24(14)19)13-20-21(27)11-32-23(22(20)28)25(36)33-6-4-17(5-7-33)9-16(3)35/h8,10-12,17H,4-7,9,13H2,1-3H3. The molecule has 0 unspecified atom stereocenters. The van der Waals surface area contributed by atoms with E-state index in [0.717, 1.165) is 25.0 Å². The Morgan fingerprint density at radius 2 is 1.78 bits per heavy atom. The van der Waals surface area contributed by atoms with E-state index >= 15 is 0 Å². The smallest absolute Gasteiger partial charge is 0.342 e. The van der Waals surface area contributed by atoms with Crippen molar-refractivity contribution in [2.45, 2.75) is 52.8 Å². The molecule has 1 aliphatic heterocycles. The molecule has 5 nitrogen and oxygen atoms in total. The number of aromatic nitrogens is 2. The first kappa shape index (κ1) is 26.5. The molecule has 36 heavy (non-hydrogen) atoms. The lowest BCUT2D eigenvalue weighted by atomic mass is 9.92. The Labute approximate surface area is 217 Å². The van der Waals surface area contributed by atoms with Crippen LogP contribution < -0.4 is 0 Å². The highest BCUT2D eigenvalue weighted by Gasteiger charge is 2.32. The number of likely N-dealkylation sites (tertiary alicyclic amines) is 1. The summed E-state index contributed by atoms with van der Waals surface area (Å²) in [4.78, 5) is 30.5. The predicted octanol–water partition coefficient (Wildman–Crippen LogP) is 6.86. The summed E-state index contributed by atoms with van der Waals surface area (Å²) in [5.74, 6) is 0.102. The number of piperidine rings is 1. The number of pyridine rings is 1. The number of benzene rings is 1. The lowest BCUT2D eigenvalue weighted by molar-refractivity contribution is -0.137. The predicted molar refractivity (Wildman–Crippen MR) is 134 cm³/mol. The number of halogens is 5. The van der Waals surface area contributed by atoms with Crippen molar-refractivity contribution in [3.8, 4) is 0 Å². The summed E-state index contributed by atoms with van der Waals surface area (Å²) < 4.78 is 41.8. The third kappa shape index (κ3) is 5.25. The Hall–Kier alpha value is -2.58. The number of hydrogen-bond donors (Lipinski definition) is 0. The summed E-state index contributed by atoms with van der Waals surface area (Å²) in [5, 5.41) is 0.886. The Morgan fingerprint density at radius 1 is 1.11 bits per heavy atom. The molecular formula is C26H26Cl2F3N3O2. The molecule has 1 aliphatic rings. The van der Waals surface area contributed by atoms with Crippen molar-refractivity contribution in [3.63, 3.8) is 0 Å². The van der Waals surface area contributed by atoms with Gasteiger partial charge in [0.25, 0.3) is 5.91 Å². The Kier molecular flexibility index (Phi) is 7.40. The molecule has 192 valence electrons. The molecule has 0 atom stereocenters. The molecule has 0 N–H and O–H groups in total. The van der Waals surface area contributed by atoms with Crippen molar-refractivity contribution in [1.82, 2.24) is 14.5 Å². The summed E-state index contributed by atoms with van der Waals surface area (Å²) >= 11 is 13.1. The normalized spacial score (nSPS) is 15.1. The van der Waals surface area contributed by atoms with Crippen LogP contribution in [0.5, 0.6) is 0 Å². The van der Waals surface area contributed by atoms with Gasteiger partial charge in [0.05, 0.1) is 27.7 Å². The van der Waals surface area contributed by atoms with Gasteiger partial charge in [0, 0.05) is 42.9 Å². The van der Waals surface area contributed by atoms with Crippen molar-refractivity contribution >= 4 is 45.8 Å². The highest BCUT2D eigenvalue weighted by atomic mass is 35.5. The number of nitrogens with zero attached hydrogens (tertiary/aromatic N) is 3. The molecule has 2 aromatic heterocycles. The first-order chi connectivity index (χ1) is 16.9. The number of aryl methyl sites for hydroxylation is 2. The van der Waals surface area contributed by atoms with Gasteiger partial charge in [0.1, 0.15) is 11.5 Å². The number of carbonyl (C=O) groups is 2. The lowest BCUT2D eigenvalue weighted by Gasteiger charge is -2.31. The van der Waals surface area contributed by atoms with Crippen LogP contribution in [0.1, 0.15) is 58.9 Å². The van der Waals surface area contributed by atoms with Gasteiger partial charge in [-0.1, -0.05) is 23.2 Å². The molecule has 4 rings (SSSR count). The number of fused-ring (bicyclic) bond motifs is 1. The van der Waals surface area contributed by atoms with E-state index in [1.54, 1.807) is 36.4 Å². The summed E-state index contributed by atoms with van der Waals surface area (Å²) in [5.41, 5.74) is 1.66. The summed E-state index contributed by atoms with van der Waals surface area (Å²) in [6.45, 7) is 6.14. The van der Waals surface area contributed by atoms with Crippen molar-refractivity contribution in [2.75, 3.05) is 13.1 Å². The van der Waals surface area contributed by atoms with Gasteiger partial charge >= 0.3 is 6.18 Å². The maximum Gasteiger partial charge on any atom is 0.416 e. The van der Waals surface area contributed by atoms with E-state index in [-0.39, 0.29) is 39.9 Å². The van der Waals surface area contributed by atoms with Crippen LogP contribution in [-0.4, -0.2) is 39.2 Å². The molecular weight excluding hydrogens is 514 g/mol. The maximum atomic E-state index is 13.3. The molecule has 3 aromatic rings. The van der Waals surface area contributed by atoms with Crippen LogP contribution in [0.15, 0.2) is 24.5 Å². The third-order valence-electron chi connectivity index (χ3n) is 6.77. The van der Waals surface area contributed by atoms with Crippen LogP contribution in [-0.2, 0) is 17.5 Å².